The fourth-order valence-corrected chi connectivity index (χ4v) is 4.24. The highest BCUT2D eigenvalue weighted by Crippen LogP contribution is 2.33. The van der Waals surface area contributed by atoms with Crippen LogP contribution in [-0.2, 0) is 9.59 Å². The van der Waals surface area contributed by atoms with E-state index in [4.69, 9.17) is 4.74 Å². The van der Waals surface area contributed by atoms with Crippen molar-refractivity contribution in [3.05, 3.63) is 71.2 Å². The summed E-state index contributed by atoms with van der Waals surface area (Å²) in [5.74, 6) is 0.562. The summed E-state index contributed by atoms with van der Waals surface area (Å²) in [4.78, 5) is 28.7. The van der Waals surface area contributed by atoms with E-state index in [0.29, 0.717) is 38.5 Å². The Bertz CT molecular complexity index is 1070. The number of amides is 2. The van der Waals surface area contributed by atoms with Crippen LogP contribution in [0.3, 0.4) is 0 Å². The van der Waals surface area contributed by atoms with Crippen LogP contribution in [0.2, 0.25) is 0 Å². The van der Waals surface area contributed by atoms with Crippen LogP contribution < -0.4 is 10.1 Å². The van der Waals surface area contributed by atoms with Crippen LogP contribution in [0, 0.1) is 0 Å². The predicted octanol–water partition coefficient (Wildman–Crippen LogP) is 3.76. The minimum atomic E-state index is -0.0477. The van der Waals surface area contributed by atoms with E-state index in [1.54, 1.807) is 4.90 Å². The summed E-state index contributed by atoms with van der Waals surface area (Å²) in [6.07, 6.45) is 0. The molecule has 1 aliphatic rings. The zero-order valence-electron chi connectivity index (χ0n) is 17.1. The average Bonchev–Trinajstić information content (AvgIpc) is 2.80. The lowest BCUT2D eigenvalue weighted by atomic mass is 10.1. The molecule has 1 aliphatic heterocycles. The van der Waals surface area contributed by atoms with E-state index >= 15 is 0 Å². The number of para-hydroxylation sites is 1. The molecule has 6 nitrogen and oxygen atoms in total. The van der Waals surface area contributed by atoms with Crippen molar-refractivity contribution in [2.45, 2.75) is 0 Å². The monoisotopic (exact) mass is 481 g/mol. The van der Waals surface area contributed by atoms with Gasteiger partial charge in [0.25, 0.3) is 5.91 Å². The van der Waals surface area contributed by atoms with Crippen molar-refractivity contribution < 1.29 is 14.3 Å². The number of hydrogen-bond acceptors (Lipinski definition) is 4. The second-order valence-corrected chi connectivity index (χ2v) is 8.25. The van der Waals surface area contributed by atoms with Crippen LogP contribution in [0.15, 0.2) is 71.2 Å². The maximum atomic E-state index is 12.6. The number of nitrogens with zero attached hydrogens (tertiary/aromatic N) is 2. The molecule has 0 atom stereocenters. The number of benzene rings is 3. The van der Waals surface area contributed by atoms with Crippen LogP contribution in [-0.4, -0.2) is 60.9 Å². The zero-order valence-corrected chi connectivity index (χ0v) is 18.7. The van der Waals surface area contributed by atoms with Gasteiger partial charge in [0.05, 0.1) is 11.0 Å². The lowest BCUT2D eigenvalue weighted by Gasteiger charge is -2.34. The SMILES string of the molecule is O=C(CN1CCN(C(=O)COc2ccc3ccccc3c2Br)CC1)Nc1ccccc1. The Balaban J connectivity index is 1.24. The lowest BCUT2D eigenvalue weighted by molar-refractivity contribution is -0.135. The Morgan fingerprint density at radius 2 is 1.61 bits per heavy atom. The van der Waals surface area contributed by atoms with Gasteiger partial charge in [-0.3, -0.25) is 14.5 Å². The lowest BCUT2D eigenvalue weighted by Crippen LogP contribution is -2.51. The summed E-state index contributed by atoms with van der Waals surface area (Å²) in [7, 11) is 0. The highest BCUT2D eigenvalue weighted by molar-refractivity contribution is 9.10. The zero-order chi connectivity index (χ0) is 21.6. The summed E-state index contributed by atoms with van der Waals surface area (Å²) in [5.41, 5.74) is 0.790. The van der Waals surface area contributed by atoms with Gasteiger partial charge >= 0.3 is 0 Å². The van der Waals surface area contributed by atoms with Gasteiger partial charge in [-0.25, -0.2) is 0 Å². The van der Waals surface area contributed by atoms with Crippen LogP contribution in [0.1, 0.15) is 0 Å². The summed E-state index contributed by atoms with van der Waals surface area (Å²) in [5, 5.41) is 5.06. The number of rotatable bonds is 6. The van der Waals surface area contributed by atoms with Crippen molar-refractivity contribution in [2.75, 3.05) is 44.6 Å². The summed E-state index contributed by atoms with van der Waals surface area (Å²) in [6, 6.07) is 21.3. The Kier molecular flexibility index (Phi) is 6.84. The van der Waals surface area contributed by atoms with Gasteiger partial charge in [0.15, 0.2) is 6.61 Å². The van der Waals surface area contributed by atoms with Crippen LogP contribution in [0.4, 0.5) is 5.69 Å². The van der Waals surface area contributed by atoms with E-state index in [1.807, 2.05) is 66.7 Å². The van der Waals surface area contributed by atoms with E-state index < -0.39 is 0 Å². The first-order chi connectivity index (χ1) is 15.1. The van der Waals surface area contributed by atoms with Gasteiger partial charge in [-0.15, -0.1) is 0 Å². The Hall–Kier alpha value is -2.90. The minimum absolute atomic E-state index is 0.00850. The maximum absolute atomic E-state index is 12.6. The van der Waals surface area contributed by atoms with Crippen molar-refractivity contribution >= 4 is 44.2 Å². The number of fused-ring (bicyclic) bond motifs is 1. The van der Waals surface area contributed by atoms with Crippen LogP contribution >= 0.6 is 15.9 Å². The molecule has 1 N–H and O–H groups in total. The van der Waals surface area contributed by atoms with E-state index in [1.165, 1.54) is 0 Å². The molecule has 1 heterocycles. The molecule has 3 aromatic carbocycles. The number of piperazine rings is 1. The molecule has 1 saturated heterocycles. The molecule has 1 fully saturated rings. The smallest absolute Gasteiger partial charge is 0.260 e. The Morgan fingerprint density at radius 3 is 2.39 bits per heavy atom. The molecule has 0 spiro atoms. The molecule has 0 aromatic heterocycles. The fraction of sp³-hybridized carbons (Fsp3) is 0.250. The van der Waals surface area contributed by atoms with Gasteiger partial charge in [-0.2, -0.15) is 0 Å². The van der Waals surface area contributed by atoms with Gasteiger partial charge in [-0.05, 0) is 44.9 Å². The third kappa shape index (κ3) is 5.42. The number of carbonyl (C=O) groups is 2. The van der Waals surface area contributed by atoms with E-state index in [2.05, 4.69) is 26.1 Å². The molecule has 7 heteroatoms. The Morgan fingerprint density at radius 1 is 0.903 bits per heavy atom. The minimum Gasteiger partial charge on any atom is -0.483 e. The average molecular weight is 482 g/mol. The predicted molar refractivity (Wildman–Crippen MR) is 125 cm³/mol. The molecular weight excluding hydrogens is 458 g/mol. The number of carbonyl (C=O) groups excluding carboxylic acids is 2. The molecule has 4 rings (SSSR count). The number of halogens is 1. The van der Waals surface area contributed by atoms with Crippen molar-refractivity contribution in [1.82, 2.24) is 9.80 Å². The van der Waals surface area contributed by atoms with Crippen molar-refractivity contribution in [3.63, 3.8) is 0 Å². The third-order valence-electron chi connectivity index (χ3n) is 5.33. The fourth-order valence-electron chi connectivity index (χ4n) is 3.64. The Labute approximate surface area is 189 Å². The quantitative estimate of drug-likeness (QED) is 0.582. The molecule has 0 saturated carbocycles. The molecule has 3 aromatic rings. The molecule has 0 bridgehead atoms. The number of nitrogens with one attached hydrogen (secondary N) is 1. The first-order valence-corrected chi connectivity index (χ1v) is 11.0. The summed E-state index contributed by atoms with van der Waals surface area (Å²) >= 11 is 3.59. The highest BCUT2D eigenvalue weighted by atomic mass is 79.9. The molecule has 160 valence electrons. The number of ether oxygens (including phenoxy) is 1. The first kappa shape index (κ1) is 21.3. The topological polar surface area (TPSA) is 61.9 Å². The molecule has 31 heavy (non-hydrogen) atoms. The second-order valence-electron chi connectivity index (χ2n) is 7.46. The van der Waals surface area contributed by atoms with Crippen LogP contribution in [0.25, 0.3) is 10.8 Å². The van der Waals surface area contributed by atoms with Crippen molar-refractivity contribution in [1.29, 1.82) is 0 Å². The van der Waals surface area contributed by atoms with Gasteiger partial charge in [0.1, 0.15) is 5.75 Å². The number of anilines is 1. The normalized spacial score (nSPS) is 14.4. The van der Waals surface area contributed by atoms with Crippen molar-refractivity contribution in [2.24, 2.45) is 0 Å². The summed E-state index contributed by atoms with van der Waals surface area (Å²) < 4.78 is 6.66. The highest BCUT2D eigenvalue weighted by Gasteiger charge is 2.23. The molecule has 0 unspecified atom stereocenters. The van der Waals surface area contributed by atoms with Crippen molar-refractivity contribution in [3.8, 4) is 5.75 Å². The standard InChI is InChI=1S/C24H24BrN3O3/c25-24-20-9-5-4-6-18(20)10-11-21(24)31-17-23(30)28-14-12-27(13-15-28)16-22(29)26-19-7-2-1-3-8-19/h1-11H,12-17H2,(H,26,29). The third-order valence-corrected chi connectivity index (χ3v) is 6.15. The van der Waals surface area contributed by atoms with Gasteiger partial charge in [0.2, 0.25) is 5.91 Å². The van der Waals surface area contributed by atoms with Gasteiger partial charge in [-0.1, -0.05) is 48.5 Å². The largest absolute Gasteiger partial charge is 0.483 e. The molecule has 0 radical (unpaired) electrons. The van der Waals surface area contributed by atoms with E-state index in [9.17, 15) is 9.59 Å². The second kappa shape index (κ2) is 9.94. The number of hydrogen-bond donors (Lipinski definition) is 1. The first-order valence-electron chi connectivity index (χ1n) is 10.3. The molecular formula is C24H24BrN3O3. The van der Waals surface area contributed by atoms with E-state index in [-0.39, 0.29) is 18.4 Å². The van der Waals surface area contributed by atoms with Crippen LogP contribution in [0.5, 0.6) is 5.75 Å². The van der Waals surface area contributed by atoms with Gasteiger partial charge < -0.3 is 15.0 Å². The summed E-state index contributed by atoms with van der Waals surface area (Å²) in [6.45, 7) is 2.80. The van der Waals surface area contributed by atoms with E-state index in [0.717, 1.165) is 20.9 Å². The molecule has 0 aliphatic carbocycles. The molecule has 2 amide bonds. The van der Waals surface area contributed by atoms with Gasteiger partial charge in [0, 0.05) is 31.9 Å². The maximum Gasteiger partial charge on any atom is 0.260 e.